The van der Waals surface area contributed by atoms with E-state index in [1.54, 1.807) is 45.7 Å². The summed E-state index contributed by atoms with van der Waals surface area (Å²) >= 11 is 0. The second-order valence-corrected chi connectivity index (χ2v) is 7.59. The molecular formula is C25H33ClN4O6. The van der Waals surface area contributed by atoms with E-state index >= 15 is 0 Å². The Hall–Kier alpha value is -3.47. The number of nitrogens with two attached hydrogens (primary N) is 1. The highest BCUT2D eigenvalue weighted by molar-refractivity contribution is 5.91. The maximum absolute atomic E-state index is 12.7. The monoisotopic (exact) mass is 520 g/mol. The second kappa shape index (κ2) is 14.2. The Morgan fingerprint density at radius 3 is 2.33 bits per heavy atom. The fraction of sp³-hybridized carbons (Fsp3) is 0.360. The fourth-order valence-corrected chi connectivity index (χ4v) is 3.68. The first-order valence-corrected chi connectivity index (χ1v) is 11.3. The number of unbranched alkanes of at least 4 members (excludes halogenated alkanes) is 2. The predicted molar refractivity (Wildman–Crippen MR) is 140 cm³/mol. The van der Waals surface area contributed by atoms with Gasteiger partial charge in [-0.25, -0.2) is 4.79 Å². The SMILES string of the molecule is COc1cc(-c2oncc2-c2cccc(N(OC)C(=O)NCCCCCN)c2)cc(OC)c1OC.Cl. The van der Waals surface area contributed by atoms with Crippen molar-refractivity contribution in [2.75, 3.05) is 46.6 Å². The Kier molecular flexibility index (Phi) is 11.3. The molecule has 3 rings (SSSR count). The summed E-state index contributed by atoms with van der Waals surface area (Å²) in [5, 5.41) is 8.08. The third-order valence-corrected chi connectivity index (χ3v) is 5.41. The van der Waals surface area contributed by atoms with E-state index < -0.39 is 0 Å². The number of carbonyl (C=O) groups excluding carboxylic acids is 1. The Morgan fingerprint density at radius 1 is 1.00 bits per heavy atom. The third kappa shape index (κ3) is 6.60. The van der Waals surface area contributed by atoms with Crippen molar-refractivity contribution in [2.24, 2.45) is 5.73 Å². The number of nitrogens with one attached hydrogen (secondary N) is 1. The van der Waals surface area contributed by atoms with E-state index in [0.717, 1.165) is 30.4 Å². The highest BCUT2D eigenvalue weighted by Crippen LogP contribution is 2.43. The normalized spacial score (nSPS) is 10.4. The van der Waals surface area contributed by atoms with Gasteiger partial charge in [0.1, 0.15) is 0 Å². The molecule has 1 aromatic heterocycles. The molecule has 0 unspecified atom stereocenters. The van der Waals surface area contributed by atoms with Gasteiger partial charge >= 0.3 is 6.03 Å². The first-order chi connectivity index (χ1) is 17.1. The molecule has 0 aliphatic rings. The molecule has 0 saturated heterocycles. The van der Waals surface area contributed by atoms with Crippen molar-refractivity contribution in [1.29, 1.82) is 0 Å². The van der Waals surface area contributed by atoms with Crippen molar-refractivity contribution in [3.05, 3.63) is 42.6 Å². The van der Waals surface area contributed by atoms with E-state index in [1.165, 1.54) is 12.2 Å². The third-order valence-electron chi connectivity index (χ3n) is 5.41. The highest BCUT2D eigenvalue weighted by Gasteiger charge is 2.21. The van der Waals surface area contributed by atoms with Crippen molar-refractivity contribution in [3.8, 4) is 39.7 Å². The molecule has 3 N–H and O–H groups in total. The van der Waals surface area contributed by atoms with Crippen LogP contribution >= 0.6 is 12.4 Å². The van der Waals surface area contributed by atoms with Gasteiger partial charge in [-0.15, -0.1) is 12.4 Å². The van der Waals surface area contributed by atoms with Crippen LogP contribution in [-0.2, 0) is 4.84 Å². The number of hydrogen-bond donors (Lipinski definition) is 2. The summed E-state index contributed by atoms with van der Waals surface area (Å²) in [6.45, 7) is 1.18. The number of hydrogen-bond acceptors (Lipinski definition) is 8. The van der Waals surface area contributed by atoms with Gasteiger partial charge in [-0.3, -0.25) is 4.84 Å². The molecule has 3 aromatic rings. The van der Waals surface area contributed by atoms with Gasteiger partial charge < -0.3 is 29.8 Å². The van der Waals surface area contributed by atoms with E-state index in [2.05, 4.69) is 10.5 Å². The topological polar surface area (TPSA) is 121 Å². The molecule has 196 valence electrons. The van der Waals surface area contributed by atoms with E-state index in [4.69, 9.17) is 29.3 Å². The molecule has 2 aromatic carbocycles. The summed E-state index contributed by atoms with van der Waals surface area (Å²) in [7, 11) is 6.09. The Morgan fingerprint density at radius 2 is 1.72 bits per heavy atom. The minimum Gasteiger partial charge on any atom is -0.493 e. The molecular weight excluding hydrogens is 488 g/mol. The first kappa shape index (κ1) is 28.8. The van der Waals surface area contributed by atoms with Crippen molar-refractivity contribution in [1.82, 2.24) is 10.5 Å². The van der Waals surface area contributed by atoms with Gasteiger partial charge in [0.05, 0.1) is 40.3 Å². The van der Waals surface area contributed by atoms with Crippen LogP contribution in [-0.4, -0.2) is 52.7 Å². The molecule has 1 heterocycles. The van der Waals surface area contributed by atoms with Crippen molar-refractivity contribution >= 4 is 24.1 Å². The lowest BCUT2D eigenvalue weighted by Crippen LogP contribution is -2.39. The van der Waals surface area contributed by atoms with Crippen LogP contribution in [0.5, 0.6) is 17.2 Å². The van der Waals surface area contributed by atoms with Crippen LogP contribution in [0.15, 0.2) is 47.1 Å². The standard InChI is InChI=1S/C25H32N4O6.ClH/c1-31-21-14-18(15-22(32-2)24(21)33-3)23-20(16-28-35-23)17-9-8-10-19(13-17)29(34-4)25(30)27-12-7-5-6-11-26;/h8-10,13-16H,5-7,11-12,26H2,1-4H3,(H,27,30);1H. The molecule has 0 spiro atoms. The molecule has 0 fully saturated rings. The zero-order valence-corrected chi connectivity index (χ0v) is 21.7. The summed E-state index contributed by atoms with van der Waals surface area (Å²) in [6, 6.07) is 10.6. The van der Waals surface area contributed by atoms with Gasteiger partial charge in [-0.05, 0) is 49.2 Å². The first-order valence-electron chi connectivity index (χ1n) is 11.3. The van der Waals surface area contributed by atoms with Crippen molar-refractivity contribution < 1.29 is 28.4 Å². The molecule has 0 radical (unpaired) electrons. The van der Waals surface area contributed by atoms with Crippen LogP contribution in [0.1, 0.15) is 19.3 Å². The quantitative estimate of drug-likeness (QED) is 0.261. The van der Waals surface area contributed by atoms with Crippen LogP contribution in [0, 0.1) is 0 Å². The number of rotatable bonds is 12. The number of anilines is 1. The van der Waals surface area contributed by atoms with E-state index in [9.17, 15) is 4.79 Å². The number of nitrogens with zero attached hydrogens (tertiary/aromatic N) is 2. The number of aromatic nitrogens is 1. The molecule has 0 bridgehead atoms. The summed E-state index contributed by atoms with van der Waals surface area (Å²) < 4.78 is 21.9. The number of urea groups is 1. The number of carbonyl (C=O) groups is 1. The van der Waals surface area contributed by atoms with E-state index in [1.807, 2.05) is 18.2 Å². The minimum absolute atomic E-state index is 0. The van der Waals surface area contributed by atoms with Gasteiger partial charge in [-0.1, -0.05) is 23.7 Å². The smallest absolute Gasteiger partial charge is 0.346 e. The zero-order valence-electron chi connectivity index (χ0n) is 20.9. The molecule has 0 aliphatic carbocycles. The lowest BCUT2D eigenvalue weighted by atomic mass is 10.0. The number of ether oxygens (including phenoxy) is 3. The van der Waals surface area contributed by atoms with Crippen molar-refractivity contribution in [3.63, 3.8) is 0 Å². The number of halogens is 1. The highest BCUT2D eigenvalue weighted by atomic mass is 35.5. The van der Waals surface area contributed by atoms with Gasteiger partial charge in [0, 0.05) is 17.7 Å². The Labute approximate surface area is 217 Å². The molecule has 0 atom stereocenters. The second-order valence-electron chi connectivity index (χ2n) is 7.59. The molecule has 36 heavy (non-hydrogen) atoms. The molecule has 2 amide bonds. The number of amides is 2. The van der Waals surface area contributed by atoms with Gasteiger partial charge in [0.15, 0.2) is 17.3 Å². The van der Waals surface area contributed by atoms with Crippen LogP contribution in [0.3, 0.4) is 0 Å². The number of hydroxylamine groups is 1. The number of benzene rings is 2. The maximum Gasteiger partial charge on any atom is 0.346 e. The molecule has 11 heteroatoms. The Balaban J connectivity index is 0.00000456. The summed E-state index contributed by atoms with van der Waals surface area (Å²) in [5.41, 5.74) is 8.27. The average molecular weight is 521 g/mol. The summed E-state index contributed by atoms with van der Waals surface area (Å²) in [5.74, 6) is 1.97. The number of methoxy groups -OCH3 is 3. The molecule has 0 saturated carbocycles. The van der Waals surface area contributed by atoms with Gasteiger partial charge in [0.25, 0.3) is 0 Å². The Bertz CT molecular complexity index is 1100. The van der Waals surface area contributed by atoms with Crippen LogP contribution in [0.4, 0.5) is 10.5 Å². The van der Waals surface area contributed by atoms with Crippen LogP contribution in [0.25, 0.3) is 22.5 Å². The minimum atomic E-state index is -0.354. The van der Waals surface area contributed by atoms with E-state index in [-0.39, 0.29) is 18.4 Å². The zero-order chi connectivity index (χ0) is 25.2. The van der Waals surface area contributed by atoms with Crippen LogP contribution < -0.4 is 30.3 Å². The molecule has 10 nitrogen and oxygen atoms in total. The van der Waals surface area contributed by atoms with E-state index in [0.29, 0.717) is 47.3 Å². The summed E-state index contributed by atoms with van der Waals surface area (Å²) in [4.78, 5) is 18.1. The van der Waals surface area contributed by atoms with Crippen LogP contribution in [0.2, 0.25) is 0 Å². The fourth-order valence-electron chi connectivity index (χ4n) is 3.68. The van der Waals surface area contributed by atoms with Gasteiger partial charge in [-0.2, -0.15) is 5.06 Å². The van der Waals surface area contributed by atoms with Gasteiger partial charge in [0.2, 0.25) is 5.75 Å². The average Bonchev–Trinajstić information content (AvgIpc) is 3.38. The lowest BCUT2D eigenvalue weighted by Gasteiger charge is -2.21. The lowest BCUT2D eigenvalue weighted by molar-refractivity contribution is 0.163. The largest absolute Gasteiger partial charge is 0.493 e. The summed E-state index contributed by atoms with van der Waals surface area (Å²) in [6.07, 6.45) is 4.35. The predicted octanol–water partition coefficient (Wildman–Crippen LogP) is 4.66. The maximum atomic E-state index is 12.7. The molecule has 0 aliphatic heterocycles. The van der Waals surface area contributed by atoms with Crippen molar-refractivity contribution in [2.45, 2.75) is 19.3 Å².